The van der Waals surface area contributed by atoms with Crippen molar-refractivity contribution in [1.82, 2.24) is 4.98 Å². The monoisotopic (exact) mass is 374 g/mol. The van der Waals surface area contributed by atoms with Gasteiger partial charge in [0.2, 0.25) is 0 Å². The largest absolute Gasteiger partial charge is 0.573 e. The molecular weight excluding hydrogens is 361 g/mol. The Labute approximate surface area is 141 Å². The van der Waals surface area contributed by atoms with Crippen LogP contribution in [0.15, 0.2) is 41.4 Å². The molecule has 1 aromatic heterocycles. The Morgan fingerprint density at radius 1 is 1.24 bits per heavy atom. The quantitative estimate of drug-likeness (QED) is 0.891. The van der Waals surface area contributed by atoms with Crippen LogP contribution in [-0.4, -0.2) is 26.4 Å². The van der Waals surface area contributed by atoms with Crippen molar-refractivity contribution in [1.29, 1.82) is 0 Å². The number of benzene rings is 1. The van der Waals surface area contributed by atoms with Gasteiger partial charge in [-0.15, -0.1) is 13.2 Å². The van der Waals surface area contributed by atoms with E-state index in [4.69, 9.17) is 4.74 Å². The number of nitrogens with one attached hydrogen (secondary N) is 1. The Balaban J connectivity index is 1.83. The highest BCUT2D eigenvalue weighted by Gasteiger charge is 2.31. The van der Waals surface area contributed by atoms with Gasteiger partial charge in [-0.2, -0.15) is 0 Å². The zero-order chi connectivity index (χ0) is 18.1. The van der Waals surface area contributed by atoms with Gasteiger partial charge in [-0.05, 0) is 18.2 Å². The van der Waals surface area contributed by atoms with E-state index in [9.17, 15) is 21.6 Å². The van der Waals surface area contributed by atoms with Gasteiger partial charge in [-0.25, -0.2) is 8.42 Å². The number of alkyl halides is 3. The number of halogens is 3. The highest BCUT2D eigenvalue weighted by Crippen LogP contribution is 2.26. The predicted octanol–water partition coefficient (Wildman–Crippen LogP) is 2.85. The molecule has 25 heavy (non-hydrogen) atoms. The highest BCUT2D eigenvalue weighted by molar-refractivity contribution is 7.92. The van der Waals surface area contributed by atoms with Gasteiger partial charge >= 0.3 is 6.36 Å². The minimum atomic E-state index is -4.90. The summed E-state index contributed by atoms with van der Waals surface area (Å²) in [5.41, 5.74) is 1.79. The lowest BCUT2D eigenvalue weighted by Crippen LogP contribution is -2.18. The SMILES string of the molecule is O=S(=O)(Nc1cnc2c(c1)COCC2)c1cccc(OC(F)(F)F)c1. The maximum atomic E-state index is 12.4. The normalized spacial score (nSPS) is 14.7. The second kappa shape index (κ2) is 6.52. The molecule has 0 atom stereocenters. The van der Waals surface area contributed by atoms with E-state index in [0.29, 0.717) is 19.6 Å². The minimum Gasteiger partial charge on any atom is -0.406 e. The third kappa shape index (κ3) is 4.40. The Kier molecular flexibility index (Phi) is 4.56. The van der Waals surface area contributed by atoms with Crippen LogP contribution < -0.4 is 9.46 Å². The zero-order valence-corrected chi connectivity index (χ0v) is 13.5. The molecule has 2 aromatic rings. The third-order valence-corrected chi connectivity index (χ3v) is 4.78. The topological polar surface area (TPSA) is 77.5 Å². The van der Waals surface area contributed by atoms with E-state index in [1.54, 1.807) is 6.07 Å². The van der Waals surface area contributed by atoms with Crippen molar-refractivity contribution >= 4 is 15.7 Å². The molecule has 1 aliphatic rings. The summed E-state index contributed by atoms with van der Waals surface area (Å²) in [5, 5.41) is 0. The Morgan fingerprint density at radius 2 is 2.04 bits per heavy atom. The highest BCUT2D eigenvalue weighted by atomic mass is 32.2. The summed E-state index contributed by atoms with van der Waals surface area (Å²) in [6, 6.07) is 5.74. The molecule has 0 fully saturated rings. The Morgan fingerprint density at radius 3 is 2.80 bits per heavy atom. The molecule has 1 aromatic carbocycles. The minimum absolute atomic E-state index is 0.200. The van der Waals surface area contributed by atoms with Crippen LogP contribution in [0.25, 0.3) is 0 Å². The summed E-state index contributed by atoms with van der Waals surface area (Å²) in [4.78, 5) is 3.82. The maximum absolute atomic E-state index is 12.4. The maximum Gasteiger partial charge on any atom is 0.573 e. The fraction of sp³-hybridized carbons (Fsp3) is 0.267. The van der Waals surface area contributed by atoms with Crippen molar-refractivity contribution in [3.05, 3.63) is 47.8 Å². The molecule has 10 heteroatoms. The molecule has 0 aliphatic carbocycles. The first-order chi connectivity index (χ1) is 11.7. The number of ether oxygens (including phenoxy) is 2. The number of hydrogen-bond acceptors (Lipinski definition) is 5. The average Bonchev–Trinajstić information content (AvgIpc) is 2.53. The van der Waals surface area contributed by atoms with Crippen molar-refractivity contribution < 1.29 is 31.1 Å². The van der Waals surface area contributed by atoms with Crippen LogP contribution in [-0.2, 0) is 27.8 Å². The third-order valence-electron chi connectivity index (χ3n) is 3.40. The summed E-state index contributed by atoms with van der Waals surface area (Å²) in [5.74, 6) is -0.618. The number of pyridine rings is 1. The lowest BCUT2D eigenvalue weighted by molar-refractivity contribution is -0.274. The second-order valence-electron chi connectivity index (χ2n) is 5.26. The van der Waals surface area contributed by atoms with Crippen molar-refractivity contribution in [2.45, 2.75) is 24.3 Å². The van der Waals surface area contributed by atoms with Crippen LogP contribution >= 0.6 is 0 Å². The lowest BCUT2D eigenvalue weighted by Gasteiger charge is -2.17. The van der Waals surface area contributed by atoms with Gasteiger partial charge in [0.1, 0.15) is 5.75 Å². The summed E-state index contributed by atoms with van der Waals surface area (Å²) in [7, 11) is -4.10. The molecule has 1 N–H and O–H groups in total. The molecule has 6 nitrogen and oxygen atoms in total. The van der Waals surface area contributed by atoms with Crippen molar-refractivity contribution in [2.24, 2.45) is 0 Å². The van der Waals surface area contributed by atoms with Crippen LogP contribution in [0.3, 0.4) is 0 Å². The molecule has 0 radical (unpaired) electrons. The fourth-order valence-corrected chi connectivity index (χ4v) is 3.42. The molecule has 0 saturated carbocycles. The van der Waals surface area contributed by atoms with Gasteiger partial charge in [-0.1, -0.05) is 6.07 Å². The van der Waals surface area contributed by atoms with E-state index in [-0.39, 0.29) is 10.6 Å². The number of sulfonamides is 1. The average molecular weight is 374 g/mol. The number of rotatable bonds is 4. The van der Waals surface area contributed by atoms with Crippen LogP contribution in [0.4, 0.5) is 18.9 Å². The van der Waals surface area contributed by atoms with Crippen LogP contribution in [0, 0.1) is 0 Å². The molecule has 2 heterocycles. The first-order valence-electron chi connectivity index (χ1n) is 7.17. The first kappa shape index (κ1) is 17.5. The molecular formula is C15H13F3N2O4S. The molecule has 0 saturated heterocycles. The number of nitrogens with zero attached hydrogens (tertiary/aromatic N) is 1. The molecule has 0 bridgehead atoms. The van der Waals surface area contributed by atoms with Gasteiger partial charge in [0.05, 0.1) is 30.0 Å². The first-order valence-corrected chi connectivity index (χ1v) is 8.65. The van der Waals surface area contributed by atoms with E-state index >= 15 is 0 Å². The Hall–Kier alpha value is -2.33. The zero-order valence-electron chi connectivity index (χ0n) is 12.7. The fourth-order valence-electron chi connectivity index (χ4n) is 2.35. The van der Waals surface area contributed by atoms with E-state index in [0.717, 1.165) is 29.5 Å². The standard InChI is InChI=1S/C15H13F3N2O4S/c16-15(17,18)24-12-2-1-3-13(7-12)25(21,22)20-11-6-10-9-23-5-4-14(10)19-8-11/h1-3,6-8,20H,4-5,9H2. The molecule has 0 amide bonds. The van der Waals surface area contributed by atoms with Crippen LogP contribution in [0.5, 0.6) is 5.75 Å². The number of hydrogen-bond donors (Lipinski definition) is 1. The smallest absolute Gasteiger partial charge is 0.406 e. The van der Waals surface area contributed by atoms with Crippen molar-refractivity contribution in [3.63, 3.8) is 0 Å². The van der Waals surface area contributed by atoms with Gasteiger partial charge in [0, 0.05) is 23.7 Å². The van der Waals surface area contributed by atoms with E-state index in [1.165, 1.54) is 12.3 Å². The molecule has 3 rings (SSSR count). The summed E-state index contributed by atoms with van der Waals surface area (Å²) < 4.78 is 72.9. The van der Waals surface area contributed by atoms with E-state index in [1.807, 2.05) is 0 Å². The summed E-state index contributed by atoms with van der Waals surface area (Å²) >= 11 is 0. The number of fused-ring (bicyclic) bond motifs is 1. The number of anilines is 1. The van der Waals surface area contributed by atoms with Crippen LogP contribution in [0.2, 0.25) is 0 Å². The second-order valence-corrected chi connectivity index (χ2v) is 6.94. The van der Waals surface area contributed by atoms with Gasteiger partial charge in [0.25, 0.3) is 10.0 Å². The number of aromatic nitrogens is 1. The van der Waals surface area contributed by atoms with E-state index < -0.39 is 22.1 Å². The van der Waals surface area contributed by atoms with Gasteiger partial charge < -0.3 is 9.47 Å². The van der Waals surface area contributed by atoms with E-state index in [2.05, 4.69) is 14.4 Å². The molecule has 0 spiro atoms. The van der Waals surface area contributed by atoms with Crippen molar-refractivity contribution in [3.8, 4) is 5.75 Å². The van der Waals surface area contributed by atoms with Crippen LogP contribution in [0.1, 0.15) is 11.3 Å². The Bertz CT molecular complexity index is 885. The predicted molar refractivity (Wildman–Crippen MR) is 81.5 cm³/mol. The molecule has 0 unspecified atom stereocenters. The van der Waals surface area contributed by atoms with Gasteiger partial charge in [0.15, 0.2) is 0 Å². The summed E-state index contributed by atoms with van der Waals surface area (Å²) in [6.45, 7) is 0.879. The summed E-state index contributed by atoms with van der Waals surface area (Å²) in [6.07, 6.45) is -2.91. The van der Waals surface area contributed by atoms with Gasteiger partial charge in [-0.3, -0.25) is 9.71 Å². The van der Waals surface area contributed by atoms with Crippen molar-refractivity contribution in [2.75, 3.05) is 11.3 Å². The molecule has 134 valence electrons. The molecule has 1 aliphatic heterocycles. The lowest BCUT2D eigenvalue weighted by atomic mass is 10.1.